The number of benzene rings is 5. The van der Waals surface area contributed by atoms with Crippen LogP contribution in [0.5, 0.6) is 0 Å². The maximum absolute atomic E-state index is 14.6. The molecule has 9 aromatic rings. The summed E-state index contributed by atoms with van der Waals surface area (Å²) < 4.78 is 105. The monoisotopic (exact) mass is 2030 g/mol. The summed E-state index contributed by atoms with van der Waals surface area (Å²) in [5.74, 6) is 4.19. The number of nitrogen functional groups attached to an aromatic ring is 1. The van der Waals surface area contributed by atoms with Crippen molar-refractivity contribution in [3.05, 3.63) is 238 Å². The second-order valence-electron chi connectivity index (χ2n) is 47.0. The van der Waals surface area contributed by atoms with Crippen LogP contribution >= 0.6 is 0 Å². The van der Waals surface area contributed by atoms with Crippen LogP contribution in [0.15, 0.2) is 152 Å². The number of rotatable bonds is 35. The average molecular weight is 2030 g/mol. The van der Waals surface area contributed by atoms with Crippen LogP contribution in [-0.2, 0) is 170 Å². The Morgan fingerprint density at radius 3 is 0.810 bits per heavy atom. The molecule has 5 aromatic carbocycles. The number of furan rings is 4. The topological polar surface area (TPSA) is 380 Å². The van der Waals surface area contributed by atoms with Crippen LogP contribution < -0.4 is 5.73 Å². The van der Waals surface area contributed by atoms with Crippen LogP contribution in [0.25, 0.3) is 0 Å². The van der Waals surface area contributed by atoms with Crippen LogP contribution in [0.3, 0.4) is 0 Å². The van der Waals surface area contributed by atoms with Gasteiger partial charge in [0.25, 0.3) is 0 Å². The molecule has 0 amide bonds. The van der Waals surface area contributed by atoms with Crippen molar-refractivity contribution in [3.8, 4) is 0 Å². The first-order valence-corrected chi connectivity index (χ1v) is 62.1. The first-order valence-electron chi connectivity index (χ1n) is 52.3. The fraction of sp³-hybridized carbons (Fsp3) is 0.569. The van der Waals surface area contributed by atoms with E-state index in [1.165, 1.54) is 216 Å². The van der Waals surface area contributed by atoms with Gasteiger partial charge in [0.2, 0.25) is 0 Å². The number of carbonyl (C=O) groups excluding carboxylic acids is 4. The first-order chi connectivity index (χ1) is 66.5. The van der Waals surface area contributed by atoms with E-state index in [1.807, 2.05) is 0 Å². The molecule has 0 spiro atoms. The molecule has 0 radical (unpaired) electrons. The van der Waals surface area contributed by atoms with Crippen LogP contribution in [0.4, 0.5) is 5.69 Å². The van der Waals surface area contributed by atoms with Crippen molar-refractivity contribution in [1.29, 1.82) is 14.3 Å². The second-order valence-corrected chi connectivity index (χ2v) is 60.5. The van der Waals surface area contributed by atoms with E-state index >= 15 is 0 Å². The Labute approximate surface area is 846 Å². The third-order valence-electron chi connectivity index (χ3n) is 32.8. The number of nitrogens with one attached hydrogen (secondary N) is 3. The summed E-state index contributed by atoms with van der Waals surface area (Å²) in [7, 11) is -15.7. The van der Waals surface area contributed by atoms with Crippen LogP contribution in [0.2, 0.25) is 18.1 Å². The highest BCUT2D eigenvalue weighted by Gasteiger charge is 2.43. The third kappa shape index (κ3) is 25.5. The molecular weight excluding hydrogens is 1880 g/mol. The first kappa shape index (κ1) is 108. The molecule has 4 heterocycles. The summed E-state index contributed by atoms with van der Waals surface area (Å²) in [6.45, 7) is 34.8. The molecule has 0 saturated heterocycles. The van der Waals surface area contributed by atoms with Gasteiger partial charge in [-0.1, -0.05) is 116 Å². The predicted molar refractivity (Wildman–Crippen MR) is 566 cm³/mol. The number of ketones is 4. The molecule has 4 aromatic heterocycles. The molecule has 21 nitrogen and oxygen atoms in total. The summed E-state index contributed by atoms with van der Waals surface area (Å²) in [6.07, 6.45) is 35.5. The zero-order chi connectivity index (χ0) is 103. The summed E-state index contributed by atoms with van der Waals surface area (Å²) in [5, 5.41) is 40.7. The number of hydrogen-bond donors (Lipinski definition) is 8. The largest absolute Gasteiger partial charge is 0.454 e. The van der Waals surface area contributed by atoms with Gasteiger partial charge in [0.15, 0.2) is 51.7 Å². The molecule has 26 heteroatoms. The normalized spacial score (nSPS) is 19.4. The number of nitrogens with two attached hydrogens (primary N) is 1. The number of nitrogens with zero attached hydrogens (tertiary/aromatic N) is 1. The van der Waals surface area contributed by atoms with Gasteiger partial charge in [-0.15, -0.1) is 0 Å². The number of Topliss-reactive ketones (excluding diaryl/α,β-unsaturated/α-hetero) is 4. The van der Waals surface area contributed by atoms with Crippen molar-refractivity contribution in [2.45, 2.75) is 387 Å². The number of anilines is 1. The highest BCUT2D eigenvalue weighted by molar-refractivity contribution is 7.95. The molecule has 770 valence electrons. The predicted octanol–water partition coefficient (Wildman–Crippen LogP) is 24.6. The lowest BCUT2D eigenvalue weighted by Gasteiger charge is -2.33. The van der Waals surface area contributed by atoms with Crippen LogP contribution in [0.1, 0.15) is 365 Å². The highest BCUT2D eigenvalue weighted by atomic mass is 32.2. The van der Waals surface area contributed by atoms with Crippen molar-refractivity contribution in [2.75, 3.05) is 28.7 Å². The molecule has 5 fully saturated rings. The molecule has 0 bridgehead atoms. The summed E-state index contributed by atoms with van der Waals surface area (Å²) in [6, 6.07) is 28.3. The van der Waals surface area contributed by atoms with Crippen LogP contribution in [-0.4, -0.2) is 91.6 Å². The lowest BCUT2D eigenvalue weighted by molar-refractivity contribution is -0.116. The van der Waals surface area contributed by atoms with E-state index in [2.05, 4.69) is 129 Å². The van der Waals surface area contributed by atoms with E-state index in [-0.39, 0.29) is 90.8 Å². The molecule has 19 rings (SSSR count). The molecule has 9 N–H and O–H groups in total. The molecule has 10 aliphatic rings. The van der Waals surface area contributed by atoms with E-state index < -0.39 is 69.6 Å². The minimum absolute atomic E-state index is 0.0437. The van der Waals surface area contributed by atoms with Gasteiger partial charge in [0, 0.05) is 77.9 Å². The van der Waals surface area contributed by atoms with E-state index in [1.54, 1.807) is 61.5 Å². The minimum atomic E-state index is -3.40. The molecule has 142 heavy (non-hydrogen) atoms. The Morgan fingerprint density at radius 1 is 0.352 bits per heavy atom. The van der Waals surface area contributed by atoms with Gasteiger partial charge in [-0.2, -0.15) is 0 Å². The van der Waals surface area contributed by atoms with Crippen molar-refractivity contribution in [1.82, 2.24) is 0 Å². The summed E-state index contributed by atoms with van der Waals surface area (Å²) >= 11 is 0. The second kappa shape index (κ2) is 42.1. The number of carbonyl (C=O) groups is 4. The van der Waals surface area contributed by atoms with Gasteiger partial charge in [-0.25, -0.2) is 31.2 Å². The van der Waals surface area contributed by atoms with Crippen LogP contribution in [0, 0.1) is 43.9 Å². The molecule has 0 aliphatic heterocycles. The van der Waals surface area contributed by atoms with Crippen molar-refractivity contribution >= 4 is 76.0 Å². The Hall–Kier alpha value is -8.44. The van der Waals surface area contributed by atoms with E-state index in [4.69, 9.17) is 41.8 Å². The number of aliphatic hydroxyl groups is 4. The maximum Gasteiger partial charge on any atom is 0.199 e. The molecular formula is C116H157N5O16S4Si. The molecule has 10 aliphatic carbocycles. The number of hydrogen-bond acceptors (Lipinski definition) is 21. The Morgan fingerprint density at radius 2 is 0.570 bits per heavy atom. The number of fused-ring (bicyclic) bond motifs is 5. The van der Waals surface area contributed by atoms with Gasteiger partial charge in [-0.3, -0.25) is 23.2 Å². The zero-order valence-corrected chi connectivity index (χ0v) is 91.6. The maximum atomic E-state index is 14.6. The third-order valence-corrected chi connectivity index (χ3v) is 45.8. The van der Waals surface area contributed by atoms with Gasteiger partial charge in [0.1, 0.15) is 38.9 Å². The number of aryl methyl sites for hydroxylation is 5. The Bertz CT molecular complexity index is 6310. The van der Waals surface area contributed by atoms with Gasteiger partial charge < -0.3 is 43.8 Å². The lowest BCUT2D eigenvalue weighted by Crippen LogP contribution is -2.37. The summed E-state index contributed by atoms with van der Waals surface area (Å²) in [5.41, 5.74) is 29.2. The quantitative estimate of drug-likeness (QED) is 0.0135. The fourth-order valence-electron chi connectivity index (χ4n) is 21.9. The van der Waals surface area contributed by atoms with E-state index in [0.29, 0.717) is 81.9 Å². The van der Waals surface area contributed by atoms with Crippen molar-refractivity contribution in [2.24, 2.45) is 33.6 Å². The minimum Gasteiger partial charge on any atom is -0.454 e. The SMILES string of the molecule is C[C@@H](c1ccc2c(c1CC(=O)CS(=N)(=O)c1cc(C(C)(C)O)co1)CCC2)C1CC1.C[C@@H](c1ccc2c(c1CC(=O)CS(=O)(=N[Si](C)(C)C(C)(C)C)c1cc(C(C)(C)O)co1)CCC2)C1CC1.C[C@@H](c1ccc2c(c1CC(=O)C[S@@](=N)(=O)c1cc(C(C)(C)O)co1)CCC2)C1CC1.C[C@@H](c1ccc2c(c1CC(=O)C[S@](=N)(=O)c1cc(C(C)(C)O)co1)CCC2)C1CC1.C[C@@H](c1ccc2c(c1N)CCC2)C1CC1. The lowest BCUT2D eigenvalue weighted by atomic mass is 9.86. The Balaban J connectivity index is 0.000000136. The van der Waals surface area contributed by atoms with E-state index in [9.17, 15) is 56.4 Å². The smallest absolute Gasteiger partial charge is 0.199 e. The van der Waals surface area contributed by atoms with Gasteiger partial charge in [0.05, 0.1) is 70.5 Å². The standard InChI is InChI=1S/C30H45NO4SSi.3C24H31NO4S.C14H19N/c1-20(21-12-13-21)25-15-14-22-10-9-11-26(22)27(25)17-24(32)19-36(34,31-37(7,8)29(2,3)4)28-16-23(18-35-28)30(5,6)33;3*1-15(16-7-8-16)20-10-9-17-5-4-6-21(17)22(20)12-19(26)14-30(25,28)23-11-18(13-29-23)24(2,3)27;1-9(10-5-6-10)12-8-7-11-3-2-4-13(11)14(12)15/h14-16,18,20-21,33H,9-13,17,19H2,1-8H3;3*9-11,13,15-16,25,27H,4-8,12,14H2,1-3H3;7-10H,2-6,15H2,1H3/t20-,36?;15-,30?;15-,30+;15-,30-;9-/m11111/s1. The molecule has 9 atom stereocenters. The summed E-state index contributed by atoms with van der Waals surface area (Å²) in [4.78, 5) is 52.7. The fourth-order valence-corrected chi connectivity index (χ4v) is 31.4. The highest BCUT2D eigenvalue weighted by Crippen LogP contribution is 2.52. The Kier molecular flexibility index (Phi) is 31.9. The van der Waals surface area contributed by atoms with Gasteiger partial charge >= 0.3 is 0 Å². The van der Waals surface area contributed by atoms with E-state index in [0.717, 1.165) is 105 Å². The zero-order valence-electron chi connectivity index (χ0n) is 87.3. The molecule has 5 saturated carbocycles. The van der Waals surface area contributed by atoms with Gasteiger partial charge in [-0.05, 0) is 399 Å². The average Bonchev–Trinajstić information content (AvgIpc) is 0.865. The van der Waals surface area contributed by atoms with Crippen molar-refractivity contribution in [3.63, 3.8) is 0 Å². The molecule has 2 unspecified atom stereocenters. The van der Waals surface area contributed by atoms with Crippen molar-refractivity contribution < 1.29 is 74.1 Å².